The Morgan fingerprint density at radius 1 is 1.44 bits per heavy atom. The highest BCUT2D eigenvalue weighted by Crippen LogP contribution is 2.34. The van der Waals surface area contributed by atoms with Crippen molar-refractivity contribution in [3.8, 4) is 0 Å². The summed E-state index contributed by atoms with van der Waals surface area (Å²) < 4.78 is 27.1. The summed E-state index contributed by atoms with van der Waals surface area (Å²) in [6, 6.07) is 2.17. The lowest BCUT2D eigenvalue weighted by Gasteiger charge is -2.18. The van der Waals surface area contributed by atoms with E-state index in [1.54, 1.807) is 0 Å². The number of hydrogen-bond acceptors (Lipinski definition) is 3. The van der Waals surface area contributed by atoms with E-state index in [1.807, 2.05) is 0 Å². The van der Waals surface area contributed by atoms with Gasteiger partial charge in [0, 0.05) is 12.6 Å². The number of halogens is 2. The molecule has 98 valence electrons. The highest BCUT2D eigenvalue weighted by Gasteiger charge is 2.31. The molecule has 1 fully saturated rings. The average Bonchev–Trinajstić information content (AvgIpc) is 3.14. The molecule has 18 heavy (non-hydrogen) atoms. The monoisotopic (exact) mass is 256 g/mol. The van der Waals surface area contributed by atoms with Gasteiger partial charge in [0.1, 0.15) is 0 Å². The first-order valence-corrected chi connectivity index (χ1v) is 5.72. The zero-order chi connectivity index (χ0) is 13.3. The van der Waals surface area contributed by atoms with Crippen molar-refractivity contribution in [2.45, 2.75) is 18.9 Å². The number of benzene rings is 1. The highest BCUT2D eigenvalue weighted by molar-refractivity contribution is 5.88. The largest absolute Gasteiger partial charge is 0.478 e. The van der Waals surface area contributed by atoms with Crippen molar-refractivity contribution in [3.05, 3.63) is 29.3 Å². The van der Waals surface area contributed by atoms with Crippen molar-refractivity contribution in [3.63, 3.8) is 0 Å². The number of rotatable bonds is 5. The minimum atomic E-state index is -1.49. The predicted molar refractivity (Wildman–Crippen MR) is 62.5 cm³/mol. The Labute approximate surface area is 103 Å². The van der Waals surface area contributed by atoms with E-state index in [0.29, 0.717) is 12.5 Å². The van der Waals surface area contributed by atoms with Gasteiger partial charge in [-0.1, -0.05) is 0 Å². The third kappa shape index (κ3) is 2.43. The Balaban J connectivity index is 2.23. The Morgan fingerprint density at radius 3 is 2.61 bits per heavy atom. The van der Waals surface area contributed by atoms with Crippen molar-refractivity contribution in [2.75, 3.05) is 11.9 Å². The van der Waals surface area contributed by atoms with Gasteiger partial charge in [-0.15, -0.1) is 0 Å². The number of nitrogens with two attached hydrogens (primary N) is 1. The molecule has 1 saturated carbocycles. The molecule has 2 rings (SSSR count). The molecule has 0 amide bonds. The van der Waals surface area contributed by atoms with Gasteiger partial charge in [-0.3, -0.25) is 0 Å². The minimum Gasteiger partial charge on any atom is -0.478 e. The second kappa shape index (κ2) is 4.89. The van der Waals surface area contributed by atoms with Gasteiger partial charge in [0.25, 0.3) is 0 Å². The molecule has 4 nitrogen and oxygen atoms in total. The topological polar surface area (TPSA) is 75.3 Å². The number of aromatic carboxylic acids is 1. The van der Waals surface area contributed by atoms with Gasteiger partial charge in [-0.2, -0.15) is 0 Å². The fourth-order valence-corrected chi connectivity index (χ4v) is 1.89. The summed E-state index contributed by atoms with van der Waals surface area (Å²) in [5, 5.41) is 11.5. The molecule has 1 aliphatic rings. The maximum Gasteiger partial charge on any atom is 0.338 e. The maximum atomic E-state index is 13.7. The van der Waals surface area contributed by atoms with Crippen LogP contribution in [0.4, 0.5) is 14.5 Å². The number of nitrogens with one attached hydrogen (secondary N) is 1. The second-order valence-corrected chi connectivity index (χ2v) is 4.42. The molecule has 1 atom stereocenters. The molecule has 0 heterocycles. The number of anilines is 1. The van der Waals surface area contributed by atoms with E-state index in [1.165, 1.54) is 6.07 Å². The van der Waals surface area contributed by atoms with Crippen LogP contribution in [-0.4, -0.2) is 23.7 Å². The van der Waals surface area contributed by atoms with Crippen molar-refractivity contribution >= 4 is 11.7 Å². The van der Waals surface area contributed by atoms with Crippen LogP contribution in [-0.2, 0) is 0 Å². The first-order valence-electron chi connectivity index (χ1n) is 5.72. The van der Waals surface area contributed by atoms with E-state index in [2.05, 4.69) is 5.32 Å². The minimum absolute atomic E-state index is 0.0418. The van der Waals surface area contributed by atoms with Gasteiger partial charge >= 0.3 is 5.97 Å². The quantitative estimate of drug-likeness (QED) is 0.751. The van der Waals surface area contributed by atoms with Gasteiger partial charge in [-0.05, 0) is 30.9 Å². The standard InChI is InChI=1S/C12H14F2N2O2/c13-10-7(12(17)18)3-4-8(11(10)14)16-9(5-15)6-1-2-6/h3-4,6,9,16H,1-2,5,15H2,(H,17,18). The van der Waals surface area contributed by atoms with Crippen LogP contribution < -0.4 is 11.1 Å². The molecule has 0 radical (unpaired) electrons. The van der Waals surface area contributed by atoms with Crippen LogP contribution in [0, 0.1) is 17.6 Å². The normalized spacial score (nSPS) is 16.4. The molecule has 0 saturated heterocycles. The average molecular weight is 256 g/mol. The molecule has 0 spiro atoms. The molecule has 0 aromatic heterocycles. The number of carbonyl (C=O) groups is 1. The Morgan fingerprint density at radius 2 is 2.11 bits per heavy atom. The second-order valence-electron chi connectivity index (χ2n) is 4.42. The summed E-state index contributed by atoms with van der Waals surface area (Å²) in [6.45, 7) is 0.326. The van der Waals surface area contributed by atoms with Gasteiger partial charge < -0.3 is 16.2 Å². The van der Waals surface area contributed by atoms with Gasteiger partial charge in [0.15, 0.2) is 11.6 Å². The lowest BCUT2D eigenvalue weighted by molar-refractivity contribution is 0.0690. The zero-order valence-corrected chi connectivity index (χ0v) is 9.62. The third-order valence-corrected chi connectivity index (χ3v) is 3.10. The summed E-state index contributed by atoms with van der Waals surface area (Å²) >= 11 is 0. The van der Waals surface area contributed by atoms with E-state index >= 15 is 0 Å². The van der Waals surface area contributed by atoms with E-state index in [0.717, 1.165) is 18.9 Å². The van der Waals surface area contributed by atoms with Crippen molar-refractivity contribution in [1.82, 2.24) is 0 Å². The maximum absolute atomic E-state index is 13.7. The van der Waals surface area contributed by atoms with Crippen LogP contribution in [0.3, 0.4) is 0 Å². The zero-order valence-electron chi connectivity index (χ0n) is 9.62. The van der Waals surface area contributed by atoms with Gasteiger partial charge in [-0.25, -0.2) is 13.6 Å². The SMILES string of the molecule is NCC(Nc1ccc(C(=O)O)c(F)c1F)C1CC1. The van der Waals surface area contributed by atoms with Crippen LogP contribution in [0.1, 0.15) is 23.2 Å². The van der Waals surface area contributed by atoms with Crippen LogP contribution in [0.25, 0.3) is 0 Å². The summed E-state index contributed by atoms with van der Waals surface area (Å²) in [4.78, 5) is 10.6. The fourth-order valence-electron chi connectivity index (χ4n) is 1.89. The van der Waals surface area contributed by atoms with Crippen molar-refractivity contribution < 1.29 is 18.7 Å². The third-order valence-electron chi connectivity index (χ3n) is 3.10. The fraction of sp³-hybridized carbons (Fsp3) is 0.417. The predicted octanol–water partition coefficient (Wildman–Crippen LogP) is 1.81. The van der Waals surface area contributed by atoms with Crippen LogP contribution in [0.2, 0.25) is 0 Å². The van der Waals surface area contributed by atoms with E-state index < -0.39 is 23.2 Å². The smallest absolute Gasteiger partial charge is 0.338 e. The lowest BCUT2D eigenvalue weighted by Crippen LogP contribution is -2.31. The number of hydrogen-bond donors (Lipinski definition) is 3. The van der Waals surface area contributed by atoms with Crippen LogP contribution in [0.5, 0.6) is 0 Å². The molecular weight excluding hydrogens is 242 g/mol. The summed E-state index contributed by atoms with van der Waals surface area (Å²) in [5.74, 6) is -3.62. The van der Waals surface area contributed by atoms with Crippen LogP contribution in [0.15, 0.2) is 12.1 Å². The molecule has 1 aromatic carbocycles. The molecule has 4 N–H and O–H groups in total. The Bertz CT molecular complexity index is 475. The Hall–Kier alpha value is -1.69. The van der Waals surface area contributed by atoms with Gasteiger partial charge in [0.2, 0.25) is 0 Å². The molecule has 0 aliphatic heterocycles. The van der Waals surface area contributed by atoms with Crippen LogP contribution >= 0.6 is 0 Å². The molecule has 1 aromatic rings. The Kier molecular flexibility index (Phi) is 3.47. The highest BCUT2D eigenvalue weighted by atomic mass is 19.2. The van der Waals surface area contributed by atoms with E-state index in [9.17, 15) is 13.6 Å². The van der Waals surface area contributed by atoms with Gasteiger partial charge in [0.05, 0.1) is 11.3 Å². The summed E-state index contributed by atoms with van der Waals surface area (Å²) in [7, 11) is 0. The van der Waals surface area contributed by atoms with Crippen molar-refractivity contribution in [1.29, 1.82) is 0 Å². The number of carboxylic acid groups (broad SMARTS) is 1. The summed E-state index contributed by atoms with van der Waals surface area (Å²) in [6.07, 6.45) is 2.04. The van der Waals surface area contributed by atoms with E-state index in [4.69, 9.17) is 10.8 Å². The molecule has 0 bridgehead atoms. The lowest BCUT2D eigenvalue weighted by atomic mass is 10.1. The first-order chi connectivity index (χ1) is 8.54. The summed E-state index contributed by atoms with van der Waals surface area (Å²) in [5.41, 5.74) is 4.84. The van der Waals surface area contributed by atoms with Crippen molar-refractivity contribution in [2.24, 2.45) is 11.7 Å². The first kappa shape index (κ1) is 12.8. The molecule has 1 unspecified atom stereocenters. The number of carboxylic acids is 1. The molecule has 6 heteroatoms. The molecule has 1 aliphatic carbocycles. The molecular formula is C12H14F2N2O2. The van der Waals surface area contributed by atoms with E-state index in [-0.39, 0.29) is 11.7 Å².